The topological polar surface area (TPSA) is 119 Å². The molecule has 0 bridgehead atoms. The summed E-state index contributed by atoms with van der Waals surface area (Å²) in [4.78, 5) is 19.8. The molecule has 2 N–H and O–H groups in total. The van der Waals surface area contributed by atoms with Crippen LogP contribution in [0.25, 0.3) is 0 Å². The Balaban J connectivity index is 1.59. The number of sulfonamides is 1. The lowest BCUT2D eigenvalue weighted by Crippen LogP contribution is -2.16. The summed E-state index contributed by atoms with van der Waals surface area (Å²) in [7, 11) is -3.81. The number of aryl methyl sites for hydroxylation is 1. The van der Waals surface area contributed by atoms with Gasteiger partial charge >= 0.3 is 0 Å². The van der Waals surface area contributed by atoms with E-state index < -0.39 is 10.0 Å². The lowest BCUT2D eigenvalue weighted by atomic mass is 10.3. The molecule has 9 nitrogen and oxygen atoms in total. The first-order valence-electron chi connectivity index (χ1n) is 8.23. The average Bonchev–Trinajstić information content (AvgIpc) is 2.99. The van der Waals surface area contributed by atoms with Crippen LogP contribution in [0.15, 0.2) is 58.3 Å². The van der Waals surface area contributed by atoms with E-state index in [0.717, 1.165) is 10.2 Å². The Bertz CT molecular complexity index is 1070. The van der Waals surface area contributed by atoms with Crippen LogP contribution in [-0.2, 0) is 21.4 Å². The van der Waals surface area contributed by atoms with Crippen molar-refractivity contribution in [1.29, 1.82) is 0 Å². The van der Waals surface area contributed by atoms with E-state index in [2.05, 4.69) is 41.0 Å². The maximum atomic E-state index is 12.3. The van der Waals surface area contributed by atoms with Crippen LogP contribution in [0.5, 0.6) is 0 Å². The summed E-state index contributed by atoms with van der Waals surface area (Å²) in [5, 5.41) is 6.91. The van der Waals surface area contributed by atoms with Crippen LogP contribution in [0.1, 0.15) is 12.1 Å². The van der Waals surface area contributed by atoms with Gasteiger partial charge in [-0.15, -0.1) is 0 Å². The Kier molecular flexibility index (Phi) is 6.05. The van der Waals surface area contributed by atoms with Crippen molar-refractivity contribution in [2.24, 2.45) is 0 Å². The molecule has 0 radical (unpaired) electrons. The lowest BCUT2D eigenvalue weighted by molar-refractivity contribution is -0.116. The summed E-state index contributed by atoms with van der Waals surface area (Å²) >= 11 is 3.37. The monoisotopic (exact) mass is 464 g/mol. The van der Waals surface area contributed by atoms with E-state index >= 15 is 0 Å². The zero-order valence-corrected chi connectivity index (χ0v) is 17.2. The Labute approximate surface area is 170 Å². The van der Waals surface area contributed by atoms with Gasteiger partial charge in [0, 0.05) is 30.2 Å². The van der Waals surface area contributed by atoms with Crippen molar-refractivity contribution < 1.29 is 13.2 Å². The number of halogens is 1. The number of hydrogen-bond acceptors (Lipinski definition) is 6. The predicted molar refractivity (Wildman–Crippen MR) is 107 cm³/mol. The zero-order chi connectivity index (χ0) is 20.1. The van der Waals surface area contributed by atoms with Crippen molar-refractivity contribution in [1.82, 2.24) is 19.7 Å². The number of aromatic nitrogens is 4. The summed E-state index contributed by atoms with van der Waals surface area (Å²) in [6.45, 7) is 2.35. The molecule has 0 aliphatic carbocycles. The fourth-order valence-corrected chi connectivity index (χ4v) is 3.58. The van der Waals surface area contributed by atoms with Crippen molar-refractivity contribution in [2.45, 2.75) is 24.8 Å². The van der Waals surface area contributed by atoms with Crippen molar-refractivity contribution in [3.8, 4) is 0 Å². The van der Waals surface area contributed by atoms with Gasteiger partial charge in [-0.2, -0.15) is 5.10 Å². The number of carbonyl (C=O) groups is 1. The van der Waals surface area contributed by atoms with Gasteiger partial charge in [-0.05, 0) is 53.2 Å². The Morgan fingerprint density at radius 3 is 2.46 bits per heavy atom. The molecule has 0 spiro atoms. The van der Waals surface area contributed by atoms with E-state index in [9.17, 15) is 13.2 Å². The van der Waals surface area contributed by atoms with Gasteiger partial charge in [0.1, 0.15) is 0 Å². The molecule has 0 aliphatic heterocycles. The van der Waals surface area contributed by atoms with E-state index in [-0.39, 0.29) is 23.2 Å². The van der Waals surface area contributed by atoms with Gasteiger partial charge < -0.3 is 5.32 Å². The molecule has 0 atom stereocenters. The standard InChI is InChI=1S/C17H17BrN6O3S/c1-12-15(18)11-21-24(12)10-7-16(25)22-13-3-5-14(6-4-13)28(26,27)23-17-19-8-2-9-20-17/h2-6,8-9,11H,7,10H2,1H3,(H,22,25)(H,19,20,23). The summed E-state index contributed by atoms with van der Waals surface area (Å²) < 4.78 is 29.6. The van der Waals surface area contributed by atoms with Crippen LogP contribution in [0.2, 0.25) is 0 Å². The van der Waals surface area contributed by atoms with Crippen LogP contribution in [0.3, 0.4) is 0 Å². The minimum absolute atomic E-state index is 0.0135. The molecule has 1 amide bonds. The van der Waals surface area contributed by atoms with Crippen molar-refractivity contribution in [2.75, 3.05) is 10.0 Å². The third kappa shape index (κ3) is 4.93. The van der Waals surface area contributed by atoms with Crippen LogP contribution in [0, 0.1) is 6.92 Å². The molecule has 1 aromatic carbocycles. The Hall–Kier alpha value is -2.79. The van der Waals surface area contributed by atoms with E-state index in [1.807, 2.05) is 6.92 Å². The number of nitrogens with one attached hydrogen (secondary N) is 2. The molecule has 0 fully saturated rings. The highest BCUT2D eigenvalue weighted by atomic mass is 79.9. The highest BCUT2D eigenvalue weighted by Crippen LogP contribution is 2.17. The molecular formula is C17H17BrN6O3S. The fourth-order valence-electron chi connectivity index (χ4n) is 2.33. The van der Waals surface area contributed by atoms with E-state index in [4.69, 9.17) is 0 Å². The Morgan fingerprint density at radius 2 is 1.86 bits per heavy atom. The second-order valence-corrected chi connectivity index (χ2v) is 8.34. The zero-order valence-electron chi connectivity index (χ0n) is 14.8. The molecule has 28 heavy (non-hydrogen) atoms. The molecule has 2 heterocycles. The number of benzene rings is 1. The second-order valence-electron chi connectivity index (χ2n) is 5.80. The van der Waals surface area contributed by atoms with Crippen molar-refractivity contribution in [3.63, 3.8) is 0 Å². The fraction of sp³-hybridized carbons (Fsp3) is 0.176. The molecule has 11 heteroatoms. The molecular weight excluding hydrogens is 448 g/mol. The number of amides is 1. The summed E-state index contributed by atoms with van der Waals surface area (Å²) in [5.74, 6) is -0.210. The van der Waals surface area contributed by atoms with E-state index in [1.165, 1.54) is 36.7 Å². The van der Waals surface area contributed by atoms with E-state index in [1.54, 1.807) is 16.9 Å². The van der Waals surface area contributed by atoms with E-state index in [0.29, 0.717) is 12.2 Å². The minimum Gasteiger partial charge on any atom is -0.326 e. The number of nitrogens with zero attached hydrogens (tertiary/aromatic N) is 4. The molecule has 0 aliphatic rings. The molecule has 0 saturated carbocycles. The number of anilines is 2. The molecule has 3 rings (SSSR count). The van der Waals surface area contributed by atoms with Gasteiger partial charge in [-0.1, -0.05) is 0 Å². The predicted octanol–water partition coefficient (Wildman–Crippen LogP) is 2.57. The van der Waals surface area contributed by atoms with Gasteiger partial charge in [-0.3, -0.25) is 9.48 Å². The molecule has 146 valence electrons. The highest BCUT2D eigenvalue weighted by molar-refractivity contribution is 9.10. The number of carbonyl (C=O) groups excluding carboxylic acids is 1. The molecule has 0 saturated heterocycles. The second kappa shape index (κ2) is 8.48. The maximum Gasteiger partial charge on any atom is 0.264 e. The van der Waals surface area contributed by atoms with Crippen molar-refractivity contribution >= 4 is 43.5 Å². The summed E-state index contributed by atoms with van der Waals surface area (Å²) in [5.41, 5.74) is 1.44. The van der Waals surface area contributed by atoms with Crippen LogP contribution in [0.4, 0.5) is 11.6 Å². The van der Waals surface area contributed by atoms with Crippen molar-refractivity contribution in [3.05, 3.63) is 59.1 Å². The largest absolute Gasteiger partial charge is 0.326 e. The molecule has 2 aromatic heterocycles. The molecule has 3 aromatic rings. The van der Waals surface area contributed by atoms with Gasteiger partial charge in [0.2, 0.25) is 11.9 Å². The van der Waals surface area contributed by atoms with Gasteiger partial charge in [0.25, 0.3) is 10.0 Å². The quantitative estimate of drug-likeness (QED) is 0.554. The summed E-state index contributed by atoms with van der Waals surface area (Å²) in [6, 6.07) is 7.43. The first kappa shape index (κ1) is 20.0. The SMILES string of the molecule is Cc1c(Br)cnn1CCC(=O)Nc1ccc(S(=O)(=O)Nc2ncccn2)cc1. The smallest absolute Gasteiger partial charge is 0.264 e. The third-order valence-corrected chi connectivity index (χ3v) is 5.96. The average molecular weight is 465 g/mol. The van der Waals surface area contributed by atoms with Gasteiger partial charge in [-0.25, -0.2) is 23.1 Å². The van der Waals surface area contributed by atoms with Crippen LogP contribution in [-0.4, -0.2) is 34.1 Å². The summed E-state index contributed by atoms with van der Waals surface area (Å²) in [6.07, 6.45) is 4.79. The Morgan fingerprint density at radius 1 is 1.18 bits per heavy atom. The van der Waals surface area contributed by atoms with Gasteiger partial charge in [0.05, 0.1) is 22.1 Å². The first-order chi connectivity index (χ1) is 13.3. The maximum absolute atomic E-state index is 12.3. The normalized spacial score (nSPS) is 11.2. The molecule has 0 unspecified atom stereocenters. The van der Waals surface area contributed by atoms with Crippen LogP contribution >= 0.6 is 15.9 Å². The van der Waals surface area contributed by atoms with Crippen LogP contribution < -0.4 is 10.0 Å². The van der Waals surface area contributed by atoms with Gasteiger partial charge in [0.15, 0.2) is 0 Å². The highest BCUT2D eigenvalue weighted by Gasteiger charge is 2.15. The lowest BCUT2D eigenvalue weighted by Gasteiger charge is -2.09. The minimum atomic E-state index is -3.81. The first-order valence-corrected chi connectivity index (χ1v) is 10.5. The number of rotatable bonds is 7. The third-order valence-electron chi connectivity index (χ3n) is 3.83. The number of hydrogen-bond donors (Lipinski definition) is 2.